The number of hydrogen-bond acceptors (Lipinski definition) is 3. The van der Waals surface area contributed by atoms with Gasteiger partial charge in [-0.2, -0.15) is 0 Å². The number of rotatable bonds is 3. The lowest BCUT2D eigenvalue weighted by Gasteiger charge is -2.26. The van der Waals surface area contributed by atoms with Crippen molar-refractivity contribution in [1.82, 2.24) is 10.2 Å². The first kappa shape index (κ1) is 14.5. The Kier molecular flexibility index (Phi) is 4.74. The molecule has 20 heavy (non-hydrogen) atoms. The molecule has 1 heterocycles. The number of hydrogen-bond donors (Lipinski definition) is 1. The highest BCUT2D eigenvalue weighted by molar-refractivity contribution is 5.97. The van der Waals surface area contributed by atoms with Crippen LogP contribution in [0.25, 0.3) is 0 Å². The van der Waals surface area contributed by atoms with E-state index in [9.17, 15) is 9.59 Å². The van der Waals surface area contributed by atoms with Gasteiger partial charge in [-0.15, -0.1) is 0 Å². The summed E-state index contributed by atoms with van der Waals surface area (Å²) in [5, 5.41) is 2.69. The lowest BCUT2D eigenvalue weighted by molar-refractivity contribution is -0.134. The zero-order valence-electron chi connectivity index (χ0n) is 11.9. The number of carbonyl (C=O) groups is 2. The van der Waals surface area contributed by atoms with Gasteiger partial charge < -0.3 is 15.0 Å². The molecule has 0 spiro atoms. The number of nitrogens with zero attached hydrogens (tertiary/aromatic N) is 1. The van der Waals surface area contributed by atoms with Crippen LogP contribution in [0.15, 0.2) is 18.2 Å². The lowest BCUT2D eigenvalue weighted by atomic mass is 10.0. The molecule has 1 saturated heterocycles. The minimum absolute atomic E-state index is 0.0339. The van der Waals surface area contributed by atoms with E-state index in [2.05, 4.69) is 5.32 Å². The smallest absolute Gasteiger partial charge is 0.251 e. The fourth-order valence-electron chi connectivity index (χ4n) is 2.17. The largest absolute Gasteiger partial charge is 0.378 e. The van der Waals surface area contributed by atoms with Gasteiger partial charge in [0.1, 0.15) is 0 Å². The van der Waals surface area contributed by atoms with Crippen molar-refractivity contribution >= 4 is 11.8 Å². The summed E-state index contributed by atoms with van der Waals surface area (Å²) < 4.78 is 5.19. The third kappa shape index (κ3) is 3.36. The van der Waals surface area contributed by atoms with Crippen molar-refractivity contribution in [3.05, 3.63) is 34.9 Å². The van der Waals surface area contributed by atoms with Gasteiger partial charge in [-0.3, -0.25) is 9.59 Å². The Morgan fingerprint density at radius 2 is 1.95 bits per heavy atom. The maximum atomic E-state index is 12.1. The summed E-state index contributed by atoms with van der Waals surface area (Å²) in [6, 6.07) is 5.59. The van der Waals surface area contributed by atoms with Crippen LogP contribution in [0.5, 0.6) is 0 Å². The van der Waals surface area contributed by atoms with Crippen LogP contribution in [0.3, 0.4) is 0 Å². The Bertz CT molecular complexity index is 508. The van der Waals surface area contributed by atoms with Gasteiger partial charge >= 0.3 is 0 Å². The number of aryl methyl sites for hydroxylation is 1. The zero-order chi connectivity index (χ0) is 14.5. The van der Waals surface area contributed by atoms with Crippen LogP contribution >= 0.6 is 0 Å². The van der Waals surface area contributed by atoms with Gasteiger partial charge in [0.2, 0.25) is 5.91 Å². The molecule has 108 valence electrons. The molecule has 0 unspecified atom stereocenters. The molecule has 1 aliphatic rings. The molecule has 2 amide bonds. The van der Waals surface area contributed by atoms with Crippen LogP contribution in [-0.2, 0) is 9.53 Å². The van der Waals surface area contributed by atoms with E-state index in [-0.39, 0.29) is 18.4 Å². The van der Waals surface area contributed by atoms with Crippen LogP contribution in [0.4, 0.5) is 0 Å². The van der Waals surface area contributed by atoms with Crippen LogP contribution in [-0.4, -0.2) is 49.6 Å². The number of benzene rings is 1. The minimum Gasteiger partial charge on any atom is -0.378 e. The molecular weight excluding hydrogens is 256 g/mol. The van der Waals surface area contributed by atoms with Crippen molar-refractivity contribution in [3.8, 4) is 0 Å². The molecule has 1 aliphatic heterocycles. The summed E-state index contributed by atoms with van der Waals surface area (Å²) in [6.07, 6.45) is 0. The number of morpholine rings is 1. The highest BCUT2D eigenvalue weighted by atomic mass is 16.5. The van der Waals surface area contributed by atoms with Gasteiger partial charge in [0.05, 0.1) is 19.8 Å². The SMILES string of the molecule is Cc1cccc(C(=O)NCC(=O)N2CCOCC2)c1C. The standard InChI is InChI=1S/C15H20N2O3/c1-11-4-3-5-13(12(11)2)15(19)16-10-14(18)17-6-8-20-9-7-17/h3-5H,6-10H2,1-2H3,(H,16,19). The van der Waals surface area contributed by atoms with Crippen LogP contribution in [0.1, 0.15) is 21.5 Å². The van der Waals surface area contributed by atoms with E-state index in [1.165, 1.54) is 0 Å². The second-order valence-corrected chi connectivity index (χ2v) is 4.92. The predicted molar refractivity (Wildman–Crippen MR) is 75.6 cm³/mol. The highest BCUT2D eigenvalue weighted by Crippen LogP contribution is 2.12. The van der Waals surface area contributed by atoms with Gasteiger partial charge in [-0.05, 0) is 31.0 Å². The summed E-state index contributed by atoms with van der Waals surface area (Å²) in [7, 11) is 0. The lowest BCUT2D eigenvalue weighted by Crippen LogP contribution is -2.45. The molecular formula is C15H20N2O3. The minimum atomic E-state index is -0.201. The quantitative estimate of drug-likeness (QED) is 0.892. The molecule has 2 rings (SSSR count). The normalized spacial score (nSPS) is 15.0. The van der Waals surface area contributed by atoms with Gasteiger partial charge in [0, 0.05) is 18.7 Å². The van der Waals surface area contributed by atoms with Gasteiger partial charge in [-0.25, -0.2) is 0 Å². The molecule has 0 aliphatic carbocycles. The second-order valence-electron chi connectivity index (χ2n) is 4.92. The number of amides is 2. The first-order valence-electron chi connectivity index (χ1n) is 6.79. The monoisotopic (exact) mass is 276 g/mol. The fraction of sp³-hybridized carbons (Fsp3) is 0.467. The maximum Gasteiger partial charge on any atom is 0.251 e. The van der Waals surface area contributed by atoms with Crippen molar-refractivity contribution < 1.29 is 14.3 Å². The Morgan fingerprint density at radius 3 is 2.65 bits per heavy atom. The summed E-state index contributed by atoms with van der Waals surface area (Å²) >= 11 is 0. The molecule has 5 nitrogen and oxygen atoms in total. The van der Waals surface area contributed by atoms with Crippen molar-refractivity contribution in [2.45, 2.75) is 13.8 Å². The molecule has 1 aromatic rings. The average Bonchev–Trinajstić information content (AvgIpc) is 2.48. The molecule has 1 fully saturated rings. The van der Waals surface area contributed by atoms with E-state index in [0.717, 1.165) is 11.1 Å². The van der Waals surface area contributed by atoms with Crippen molar-refractivity contribution in [2.75, 3.05) is 32.8 Å². The van der Waals surface area contributed by atoms with E-state index < -0.39 is 0 Å². The van der Waals surface area contributed by atoms with Gasteiger partial charge in [-0.1, -0.05) is 12.1 Å². The molecule has 1 aromatic carbocycles. The van der Waals surface area contributed by atoms with Crippen LogP contribution < -0.4 is 5.32 Å². The van der Waals surface area contributed by atoms with E-state index in [4.69, 9.17) is 4.74 Å². The molecule has 5 heteroatoms. The average molecular weight is 276 g/mol. The summed E-state index contributed by atoms with van der Waals surface area (Å²) in [4.78, 5) is 25.8. The third-order valence-corrected chi connectivity index (χ3v) is 3.61. The van der Waals surface area contributed by atoms with Crippen LogP contribution in [0, 0.1) is 13.8 Å². The summed E-state index contributed by atoms with van der Waals surface area (Å²) in [6.45, 7) is 6.23. The third-order valence-electron chi connectivity index (χ3n) is 3.61. The predicted octanol–water partition coefficient (Wildman–Crippen LogP) is 0.892. The Balaban J connectivity index is 1.91. The first-order valence-corrected chi connectivity index (χ1v) is 6.79. The van der Waals surface area contributed by atoms with Gasteiger partial charge in [0.25, 0.3) is 5.91 Å². The van der Waals surface area contributed by atoms with E-state index >= 15 is 0 Å². The highest BCUT2D eigenvalue weighted by Gasteiger charge is 2.18. The Hall–Kier alpha value is -1.88. The molecule has 0 atom stereocenters. The van der Waals surface area contributed by atoms with E-state index in [1.807, 2.05) is 26.0 Å². The fourth-order valence-corrected chi connectivity index (χ4v) is 2.17. The summed E-state index contributed by atoms with van der Waals surface area (Å²) in [5.74, 6) is -0.264. The molecule has 0 radical (unpaired) electrons. The van der Waals surface area contributed by atoms with Gasteiger partial charge in [0.15, 0.2) is 0 Å². The number of carbonyl (C=O) groups excluding carboxylic acids is 2. The molecule has 0 saturated carbocycles. The topological polar surface area (TPSA) is 58.6 Å². The van der Waals surface area contributed by atoms with Crippen molar-refractivity contribution in [3.63, 3.8) is 0 Å². The Morgan fingerprint density at radius 1 is 1.25 bits per heavy atom. The summed E-state index contributed by atoms with van der Waals surface area (Å²) in [5.41, 5.74) is 2.64. The van der Waals surface area contributed by atoms with E-state index in [1.54, 1.807) is 11.0 Å². The van der Waals surface area contributed by atoms with Crippen molar-refractivity contribution in [1.29, 1.82) is 0 Å². The second kappa shape index (κ2) is 6.52. The molecule has 0 aromatic heterocycles. The zero-order valence-corrected chi connectivity index (χ0v) is 11.9. The molecule has 1 N–H and O–H groups in total. The molecule has 0 bridgehead atoms. The first-order chi connectivity index (χ1) is 9.59. The number of ether oxygens (including phenoxy) is 1. The number of nitrogens with one attached hydrogen (secondary N) is 1. The van der Waals surface area contributed by atoms with Crippen LogP contribution in [0.2, 0.25) is 0 Å². The maximum absolute atomic E-state index is 12.1. The van der Waals surface area contributed by atoms with E-state index in [0.29, 0.717) is 31.9 Å². The van der Waals surface area contributed by atoms with Crippen molar-refractivity contribution in [2.24, 2.45) is 0 Å². The Labute approximate surface area is 118 Å².